The van der Waals surface area contributed by atoms with E-state index in [0.717, 1.165) is 32.0 Å². The van der Waals surface area contributed by atoms with E-state index >= 15 is 0 Å². The van der Waals surface area contributed by atoms with Gasteiger partial charge in [0.05, 0.1) is 11.2 Å². The maximum Gasteiger partial charge on any atom is 0.458 e. The quantitative estimate of drug-likeness (QED) is 0.202. The van der Waals surface area contributed by atoms with Crippen LogP contribution in [0.1, 0.15) is 113 Å². The summed E-state index contributed by atoms with van der Waals surface area (Å²) in [5.74, 6) is 0.729. The van der Waals surface area contributed by atoms with Crippen molar-refractivity contribution >= 4 is 13.7 Å². The van der Waals surface area contributed by atoms with Crippen LogP contribution in [0.5, 0.6) is 0 Å². The van der Waals surface area contributed by atoms with Crippen LogP contribution in [0.4, 0.5) is 0 Å². The number of likely N-dealkylation sites (N-methyl/N-ethyl adjacent to an activating group) is 1. The molecule has 0 saturated carbocycles. The molecule has 31 heavy (non-hydrogen) atoms. The van der Waals surface area contributed by atoms with E-state index in [-0.39, 0.29) is 0 Å². The van der Waals surface area contributed by atoms with Gasteiger partial charge in [-0.25, -0.2) is 4.57 Å². The maximum atomic E-state index is 13.5. The molecule has 0 amide bonds. The molecule has 0 aliphatic carbocycles. The minimum atomic E-state index is -3.65. The van der Waals surface area contributed by atoms with Crippen LogP contribution in [0.2, 0.25) is 0 Å². The third-order valence-corrected chi connectivity index (χ3v) is 7.08. The van der Waals surface area contributed by atoms with Crippen molar-refractivity contribution in [3.8, 4) is 0 Å². The van der Waals surface area contributed by atoms with Crippen LogP contribution in [-0.2, 0) is 13.6 Å². The fraction of sp³-hybridized carbons (Fsp3) is 0.958. The van der Waals surface area contributed by atoms with E-state index in [4.69, 9.17) is 9.05 Å². The second kappa shape index (κ2) is 13.2. The molecule has 0 aromatic carbocycles. The monoisotopic (exact) mass is 459 g/mol. The van der Waals surface area contributed by atoms with Gasteiger partial charge in [0.25, 0.3) is 0 Å². The zero-order valence-electron chi connectivity index (χ0n) is 21.7. The van der Waals surface area contributed by atoms with Gasteiger partial charge < -0.3 is 9.80 Å². The average molecular weight is 460 g/mol. The summed E-state index contributed by atoms with van der Waals surface area (Å²) in [5.41, 5.74) is -1.22. The molecule has 0 N–H and O–H groups in total. The van der Waals surface area contributed by atoms with Crippen molar-refractivity contribution in [3.05, 3.63) is 0 Å². The van der Waals surface area contributed by atoms with Gasteiger partial charge >= 0.3 is 7.75 Å². The van der Waals surface area contributed by atoms with Gasteiger partial charge in [-0.05, 0) is 48.0 Å². The summed E-state index contributed by atoms with van der Waals surface area (Å²) in [6.45, 7) is 16.3. The highest BCUT2D eigenvalue weighted by atomic mass is 31.2. The lowest BCUT2D eigenvalue weighted by molar-refractivity contribution is 0.0493. The SMILES string of the molecule is CCCCCCCCCCCCN1CCN(C)C1=NP(=O)(OC(C)(C)C)OC(C)(C)C. The Morgan fingerprint density at radius 1 is 0.806 bits per heavy atom. The largest absolute Gasteiger partial charge is 0.458 e. The van der Waals surface area contributed by atoms with Gasteiger partial charge in [-0.2, -0.15) is 0 Å². The first-order valence-corrected chi connectivity index (χ1v) is 13.9. The van der Waals surface area contributed by atoms with Crippen molar-refractivity contribution in [3.63, 3.8) is 0 Å². The van der Waals surface area contributed by atoms with Gasteiger partial charge in [0.1, 0.15) is 0 Å². The van der Waals surface area contributed by atoms with Gasteiger partial charge in [-0.15, -0.1) is 4.76 Å². The van der Waals surface area contributed by atoms with E-state index in [1.807, 2.05) is 48.6 Å². The molecular formula is C24H50N3O3P. The molecule has 0 radical (unpaired) electrons. The molecule has 184 valence electrons. The van der Waals surface area contributed by atoms with Crippen LogP contribution in [0, 0.1) is 0 Å². The Hall–Kier alpha value is -0.580. The highest BCUT2D eigenvalue weighted by molar-refractivity contribution is 7.52. The van der Waals surface area contributed by atoms with E-state index in [2.05, 4.69) is 21.5 Å². The third kappa shape index (κ3) is 12.9. The Morgan fingerprint density at radius 2 is 1.26 bits per heavy atom. The summed E-state index contributed by atoms with van der Waals surface area (Å²) in [6.07, 6.45) is 13.2. The molecule has 7 heteroatoms. The molecule has 1 saturated heterocycles. The number of rotatable bonds is 14. The number of hydrogen-bond donors (Lipinski definition) is 0. The third-order valence-electron chi connectivity index (χ3n) is 5.10. The topological polar surface area (TPSA) is 54.4 Å². The Morgan fingerprint density at radius 3 is 1.71 bits per heavy atom. The maximum absolute atomic E-state index is 13.5. The summed E-state index contributed by atoms with van der Waals surface area (Å²) in [6, 6.07) is 0. The van der Waals surface area contributed by atoms with E-state index in [1.54, 1.807) is 0 Å². The van der Waals surface area contributed by atoms with Gasteiger partial charge in [-0.3, -0.25) is 9.05 Å². The molecule has 0 spiro atoms. The van der Waals surface area contributed by atoms with Crippen LogP contribution in [0.15, 0.2) is 4.76 Å². The molecule has 0 unspecified atom stereocenters. The van der Waals surface area contributed by atoms with Crippen molar-refractivity contribution in [2.24, 2.45) is 4.76 Å². The second-order valence-electron chi connectivity index (χ2n) is 10.9. The summed E-state index contributed by atoms with van der Waals surface area (Å²) in [7, 11) is -1.65. The van der Waals surface area contributed by atoms with E-state index < -0.39 is 18.9 Å². The fourth-order valence-corrected chi connectivity index (χ4v) is 5.72. The Balaban J connectivity index is 2.58. The first-order chi connectivity index (χ1) is 14.4. The molecule has 1 aliphatic rings. The van der Waals surface area contributed by atoms with Gasteiger partial charge in [0.15, 0.2) is 0 Å². The zero-order valence-corrected chi connectivity index (χ0v) is 22.6. The van der Waals surface area contributed by atoms with Crippen molar-refractivity contribution in [1.29, 1.82) is 0 Å². The number of unbranched alkanes of at least 4 members (excludes halogenated alkanes) is 9. The lowest BCUT2D eigenvalue weighted by Gasteiger charge is -2.30. The van der Waals surface area contributed by atoms with Crippen LogP contribution in [0.25, 0.3) is 0 Å². The van der Waals surface area contributed by atoms with Crippen molar-refractivity contribution in [1.82, 2.24) is 9.80 Å². The van der Waals surface area contributed by atoms with Crippen LogP contribution in [-0.4, -0.2) is 53.6 Å². The highest BCUT2D eigenvalue weighted by Gasteiger charge is 2.38. The lowest BCUT2D eigenvalue weighted by Crippen LogP contribution is -2.33. The minimum Gasteiger partial charge on any atom is -0.344 e. The predicted octanol–water partition coefficient (Wildman–Crippen LogP) is 7.25. The molecule has 0 atom stereocenters. The van der Waals surface area contributed by atoms with E-state index in [9.17, 15) is 4.57 Å². The van der Waals surface area contributed by atoms with E-state index in [1.165, 1.54) is 57.8 Å². The molecule has 0 aromatic rings. The summed E-state index contributed by atoms with van der Waals surface area (Å²) < 4.78 is 29.8. The smallest absolute Gasteiger partial charge is 0.344 e. The second-order valence-corrected chi connectivity index (χ2v) is 12.4. The fourth-order valence-electron chi connectivity index (χ4n) is 3.71. The van der Waals surface area contributed by atoms with Gasteiger partial charge in [0, 0.05) is 26.7 Å². The number of hydrogen-bond acceptors (Lipinski definition) is 3. The standard InChI is InChI=1S/C24H50N3O3P/c1-9-10-11-12-13-14-15-16-17-18-19-27-21-20-26(8)22(27)25-31(28,29-23(2,3)4)30-24(5,6)7/h9-21H2,1-8H3. The Labute approximate surface area is 192 Å². The molecule has 0 aromatic heterocycles. The minimum absolute atomic E-state index is 0.608. The van der Waals surface area contributed by atoms with E-state index in [0.29, 0.717) is 0 Å². The van der Waals surface area contributed by atoms with Crippen molar-refractivity contribution in [2.75, 3.05) is 26.7 Å². The molecule has 1 rings (SSSR count). The molecule has 1 heterocycles. The predicted molar refractivity (Wildman–Crippen MR) is 133 cm³/mol. The van der Waals surface area contributed by atoms with Crippen LogP contribution >= 0.6 is 7.75 Å². The number of nitrogens with zero attached hydrogens (tertiary/aromatic N) is 3. The van der Waals surface area contributed by atoms with Gasteiger partial charge in [0.2, 0.25) is 5.96 Å². The Kier molecular flexibility index (Phi) is 12.1. The first kappa shape index (κ1) is 28.5. The van der Waals surface area contributed by atoms with Crippen LogP contribution in [0.3, 0.4) is 0 Å². The molecule has 6 nitrogen and oxygen atoms in total. The van der Waals surface area contributed by atoms with Gasteiger partial charge in [-0.1, -0.05) is 64.7 Å². The molecule has 1 aliphatic heterocycles. The Bertz CT molecular complexity index is 562. The average Bonchev–Trinajstić information content (AvgIpc) is 2.93. The lowest BCUT2D eigenvalue weighted by atomic mass is 10.1. The summed E-state index contributed by atoms with van der Waals surface area (Å²) in [5, 5.41) is 0. The first-order valence-electron chi connectivity index (χ1n) is 12.4. The molecular weight excluding hydrogens is 409 g/mol. The molecule has 1 fully saturated rings. The molecule has 0 bridgehead atoms. The van der Waals surface area contributed by atoms with Crippen molar-refractivity contribution in [2.45, 2.75) is 124 Å². The zero-order chi connectivity index (χ0) is 23.5. The summed E-state index contributed by atoms with van der Waals surface area (Å²) >= 11 is 0. The van der Waals surface area contributed by atoms with Crippen LogP contribution < -0.4 is 0 Å². The van der Waals surface area contributed by atoms with Crippen molar-refractivity contribution < 1.29 is 13.6 Å². The normalized spacial score (nSPS) is 17.2. The highest BCUT2D eigenvalue weighted by Crippen LogP contribution is 2.56. The number of guanidine groups is 1. The summed E-state index contributed by atoms with van der Waals surface area (Å²) in [4.78, 5) is 4.29.